The van der Waals surface area contributed by atoms with Crippen LogP contribution in [0.15, 0.2) is 85.5 Å². The number of rotatable bonds is 19. The molecule has 0 aromatic heterocycles. The Morgan fingerprint density at radius 3 is 1.74 bits per heavy atom. The van der Waals surface area contributed by atoms with Crippen molar-refractivity contribution < 1.29 is 42.4 Å². The molecule has 0 amide bonds. The van der Waals surface area contributed by atoms with Gasteiger partial charge in [0, 0.05) is 0 Å². The van der Waals surface area contributed by atoms with Crippen molar-refractivity contribution >= 4 is 11.9 Å². The predicted molar refractivity (Wildman–Crippen MR) is 161 cm³/mol. The molecule has 0 fully saturated rings. The van der Waals surface area contributed by atoms with Crippen LogP contribution >= 0.6 is 0 Å². The number of hydrogen-bond acceptors (Lipinski definition) is 8. The Balaban J connectivity index is 1.38. The molecule has 9 heteroatoms. The third kappa shape index (κ3) is 11.6. The first kappa shape index (κ1) is 33.5. The number of esters is 2. The van der Waals surface area contributed by atoms with E-state index in [1.807, 2.05) is 19.1 Å². The van der Waals surface area contributed by atoms with E-state index in [1.165, 1.54) is 0 Å². The molecule has 2 unspecified atom stereocenters. The Bertz CT molecular complexity index is 1260. The number of halogens is 1. The summed E-state index contributed by atoms with van der Waals surface area (Å²) in [6.45, 7) is 10.3. The second kappa shape index (κ2) is 18.5. The number of ether oxygens (including phenoxy) is 6. The van der Waals surface area contributed by atoms with Crippen molar-refractivity contribution in [3.05, 3.63) is 91.0 Å². The number of carbonyl (C=O) groups is 2. The third-order valence-corrected chi connectivity index (χ3v) is 6.41. The van der Waals surface area contributed by atoms with E-state index >= 15 is 0 Å². The maximum absolute atomic E-state index is 14.1. The normalized spacial score (nSPS) is 12.3. The van der Waals surface area contributed by atoms with Crippen LogP contribution in [0.25, 0.3) is 11.1 Å². The number of carbonyl (C=O) groups excluding carboxylic acids is 2. The van der Waals surface area contributed by atoms with Gasteiger partial charge < -0.3 is 28.4 Å². The topological polar surface area (TPSA) is 89.5 Å². The minimum absolute atomic E-state index is 0.276. The minimum Gasteiger partial charge on any atom is -0.491 e. The second-order valence-electron chi connectivity index (χ2n) is 9.61. The molecule has 0 saturated carbocycles. The van der Waals surface area contributed by atoms with Crippen LogP contribution in [0.2, 0.25) is 0 Å². The first-order valence-electron chi connectivity index (χ1n) is 14.3. The van der Waals surface area contributed by atoms with E-state index in [4.69, 9.17) is 28.4 Å². The summed E-state index contributed by atoms with van der Waals surface area (Å²) in [5.74, 6) is -0.505. The summed E-state index contributed by atoms with van der Waals surface area (Å²) in [5.41, 5.74) is 2.11. The molecular formula is C34H39FO8. The Morgan fingerprint density at radius 2 is 1.21 bits per heavy atom. The van der Waals surface area contributed by atoms with Crippen molar-refractivity contribution in [2.75, 3.05) is 46.2 Å². The summed E-state index contributed by atoms with van der Waals surface area (Å²) >= 11 is 0. The lowest BCUT2D eigenvalue weighted by atomic mass is 10.0. The van der Waals surface area contributed by atoms with Gasteiger partial charge in [0.25, 0.3) is 0 Å². The van der Waals surface area contributed by atoms with Crippen molar-refractivity contribution in [1.29, 1.82) is 0 Å². The summed E-state index contributed by atoms with van der Waals surface area (Å²) in [6.07, 6.45) is 0.577. The number of benzene rings is 3. The highest BCUT2D eigenvalue weighted by molar-refractivity contribution is 5.91. The molecule has 3 aromatic carbocycles. The van der Waals surface area contributed by atoms with Crippen LogP contribution in [-0.2, 0) is 19.0 Å². The van der Waals surface area contributed by atoms with Gasteiger partial charge in [-0.2, -0.15) is 0 Å². The lowest BCUT2D eigenvalue weighted by Gasteiger charge is -2.13. The Labute approximate surface area is 252 Å². The summed E-state index contributed by atoms with van der Waals surface area (Å²) in [7, 11) is 0. The van der Waals surface area contributed by atoms with E-state index in [9.17, 15) is 14.0 Å². The quantitative estimate of drug-likeness (QED) is 0.0675. The predicted octanol–water partition coefficient (Wildman–Crippen LogP) is 6.48. The molecule has 0 radical (unpaired) electrons. The van der Waals surface area contributed by atoms with E-state index in [2.05, 4.69) is 6.58 Å². The van der Waals surface area contributed by atoms with E-state index in [-0.39, 0.29) is 5.75 Å². The van der Waals surface area contributed by atoms with Gasteiger partial charge in [0.2, 0.25) is 0 Å². The van der Waals surface area contributed by atoms with Crippen LogP contribution in [0.4, 0.5) is 4.39 Å². The fourth-order valence-electron chi connectivity index (χ4n) is 3.72. The van der Waals surface area contributed by atoms with Gasteiger partial charge in [-0.15, -0.1) is 6.58 Å². The molecule has 0 spiro atoms. The van der Waals surface area contributed by atoms with E-state index < -0.39 is 24.0 Å². The third-order valence-electron chi connectivity index (χ3n) is 6.41. The zero-order chi connectivity index (χ0) is 30.9. The number of hydrogen-bond donors (Lipinski definition) is 0. The van der Waals surface area contributed by atoms with Crippen LogP contribution in [0.5, 0.6) is 17.2 Å². The summed E-state index contributed by atoms with van der Waals surface area (Å²) in [5, 5.41) is 0. The van der Waals surface area contributed by atoms with Crippen molar-refractivity contribution in [3.63, 3.8) is 0 Å². The fraction of sp³-hybridized carbons (Fsp3) is 0.353. The molecule has 0 N–H and O–H groups in total. The maximum atomic E-state index is 14.1. The van der Waals surface area contributed by atoms with Crippen LogP contribution in [0, 0.1) is 5.92 Å². The summed E-state index contributed by atoms with van der Waals surface area (Å²) < 4.78 is 46.5. The molecule has 0 saturated heterocycles. The van der Waals surface area contributed by atoms with Gasteiger partial charge in [-0.1, -0.05) is 50.6 Å². The molecule has 3 aromatic rings. The molecule has 230 valence electrons. The molecule has 0 aliphatic carbocycles. The smallest absolute Gasteiger partial charge is 0.346 e. The van der Waals surface area contributed by atoms with Crippen molar-refractivity contribution in [2.24, 2.45) is 5.92 Å². The molecule has 0 aliphatic rings. The number of alkyl halides is 1. The van der Waals surface area contributed by atoms with E-state index in [0.717, 1.165) is 11.1 Å². The highest BCUT2D eigenvalue weighted by Gasteiger charge is 2.25. The molecule has 0 bridgehead atoms. The van der Waals surface area contributed by atoms with Gasteiger partial charge >= 0.3 is 11.9 Å². The van der Waals surface area contributed by atoms with Gasteiger partial charge in [-0.05, 0) is 65.6 Å². The van der Waals surface area contributed by atoms with E-state index in [0.29, 0.717) is 69.7 Å². The molecule has 2 atom stereocenters. The SMILES string of the molecule is C=CCOCCOCCOCCOc1ccc(C(=O)Oc2ccc(-c3ccc(OC(=O)C(F)C(C)CC)cc3)cc2)cc1. The summed E-state index contributed by atoms with van der Waals surface area (Å²) in [4.78, 5) is 24.6. The molecule has 8 nitrogen and oxygen atoms in total. The zero-order valence-corrected chi connectivity index (χ0v) is 24.7. The van der Waals surface area contributed by atoms with Gasteiger partial charge in [0.1, 0.15) is 23.9 Å². The summed E-state index contributed by atoms with van der Waals surface area (Å²) in [6, 6.07) is 20.5. The van der Waals surface area contributed by atoms with Gasteiger partial charge in [0.15, 0.2) is 6.17 Å². The van der Waals surface area contributed by atoms with Gasteiger partial charge in [-0.3, -0.25) is 0 Å². The van der Waals surface area contributed by atoms with Crippen LogP contribution in [0.1, 0.15) is 30.6 Å². The molecule has 0 heterocycles. The highest BCUT2D eigenvalue weighted by atomic mass is 19.1. The Kier molecular flexibility index (Phi) is 14.4. The molecular weight excluding hydrogens is 555 g/mol. The fourth-order valence-corrected chi connectivity index (χ4v) is 3.72. The average molecular weight is 595 g/mol. The van der Waals surface area contributed by atoms with Crippen LogP contribution in [0.3, 0.4) is 0 Å². The van der Waals surface area contributed by atoms with E-state index in [1.54, 1.807) is 73.7 Å². The van der Waals surface area contributed by atoms with Gasteiger partial charge in [-0.25, -0.2) is 14.0 Å². The maximum Gasteiger partial charge on any atom is 0.346 e. The Hall–Kier alpha value is -4.05. The first-order chi connectivity index (χ1) is 20.9. The average Bonchev–Trinajstić information content (AvgIpc) is 3.04. The largest absolute Gasteiger partial charge is 0.491 e. The zero-order valence-electron chi connectivity index (χ0n) is 24.7. The monoisotopic (exact) mass is 594 g/mol. The molecule has 43 heavy (non-hydrogen) atoms. The van der Waals surface area contributed by atoms with Crippen molar-refractivity contribution in [2.45, 2.75) is 26.4 Å². The van der Waals surface area contributed by atoms with Crippen LogP contribution in [-0.4, -0.2) is 64.4 Å². The van der Waals surface area contributed by atoms with Gasteiger partial charge in [0.05, 0.1) is 45.2 Å². The van der Waals surface area contributed by atoms with Crippen molar-refractivity contribution in [1.82, 2.24) is 0 Å². The highest BCUT2D eigenvalue weighted by Crippen LogP contribution is 2.26. The first-order valence-corrected chi connectivity index (χ1v) is 14.3. The van der Waals surface area contributed by atoms with Crippen LogP contribution < -0.4 is 14.2 Å². The lowest BCUT2D eigenvalue weighted by Crippen LogP contribution is -2.27. The Morgan fingerprint density at radius 1 is 0.721 bits per heavy atom. The molecule has 3 rings (SSSR count). The second-order valence-corrected chi connectivity index (χ2v) is 9.61. The minimum atomic E-state index is -1.66. The molecule has 0 aliphatic heterocycles. The lowest BCUT2D eigenvalue weighted by molar-refractivity contribution is -0.141. The van der Waals surface area contributed by atoms with Crippen molar-refractivity contribution in [3.8, 4) is 28.4 Å². The standard InChI is InChI=1S/C34H39FO8/c1-4-18-38-19-20-39-21-22-40-23-24-41-29-12-10-28(11-13-29)33(36)42-30-14-6-26(7-15-30)27-8-16-31(17-9-27)43-34(37)32(35)25(3)5-2/h4,6-17,25,32H,1,5,18-24H2,2-3H3.